The predicted molar refractivity (Wildman–Crippen MR) is 107 cm³/mol. The number of carbonyl (C=O) groups excluding carboxylic acids is 1. The van der Waals surface area contributed by atoms with Gasteiger partial charge >= 0.3 is 0 Å². The quantitative estimate of drug-likeness (QED) is 0.614. The third-order valence-corrected chi connectivity index (χ3v) is 6.76. The number of hydrogen-bond acceptors (Lipinski definition) is 5. The molecule has 2 aromatic carbocycles. The van der Waals surface area contributed by atoms with Crippen molar-refractivity contribution in [2.45, 2.75) is 11.8 Å². The first-order chi connectivity index (χ1) is 12.4. The lowest BCUT2D eigenvalue weighted by Gasteiger charge is -2.04. The lowest BCUT2D eigenvalue weighted by Crippen LogP contribution is -2.12. The van der Waals surface area contributed by atoms with Crippen LogP contribution in [0.1, 0.15) is 17.3 Å². The molecule has 1 heterocycles. The molecule has 0 aliphatic carbocycles. The number of rotatable bonds is 5. The zero-order valence-electron chi connectivity index (χ0n) is 13.8. The topological polar surface area (TPSA) is 76.1 Å². The number of halogens is 1. The molecule has 0 radical (unpaired) electrons. The van der Waals surface area contributed by atoms with Crippen molar-refractivity contribution in [1.29, 1.82) is 0 Å². The van der Waals surface area contributed by atoms with Gasteiger partial charge in [0.1, 0.15) is 0 Å². The maximum Gasteiger partial charge on any atom is 0.257 e. The molecule has 1 amide bonds. The molecule has 134 valence electrons. The van der Waals surface area contributed by atoms with E-state index in [1.54, 1.807) is 6.92 Å². The summed E-state index contributed by atoms with van der Waals surface area (Å²) in [6.07, 6.45) is 0. The van der Waals surface area contributed by atoms with E-state index in [0.717, 1.165) is 15.7 Å². The van der Waals surface area contributed by atoms with E-state index in [4.69, 9.17) is 0 Å². The van der Waals surface area contributed by atoms with Crippen molar-refractivity contribution in [3.8, 4) is 11.3 Å². The van der Waals surface area contributed by atoms with Crippen molar-refractivity contribution in [3.05, 3.63) is 63.9 Å². The van der Waals surface area contributed by atoms with E-state index in [0.29, 0.717) is 10.7 Å². The second-order valence-corrected chi connectivity index (χ2v) is 9.48. The molecule has 0 saturated carbocycles. The Morgan fingerprint density at radius 2 is 1.77 bits per heavy atom. The summed E-state index contributed by atoms with van der Waals surface area (Å²) in [5.74, 6) is -0.307. The summed E-state index contributed by atoms with van der Waals surface area (Å²) in [6.45, 7) is 1.58. The molecule has 0 saturated heterocycles. The van der Waals surface area contributed by atoms with Crippen LogP contribution in [0.15, 0.2) is 63.3 Å². The monoisotopic (exact) mass is 450 g/mol. The third-order valence-electron chi connectivity index (χ3n) is 3.72. The number of nitrogens with one attached hydrogen (secondary N) is 1. The molecule has 3 aromatic rings. The normalized spacial score (nSPS) is 11.3. The van der Waals surface area contributed by atoms with Gasteiger partial charge in [-0.15, -0.1) is 11.3 Å². The molecule has 0 atom stereocenters. The Kier molecular flexibility index (Phi) is 5.55. The van der Waals surface area contributed by atoms with E-state index in [2.05, 4.69) is 26.2 Å². The Morgan fingerprint density at radius 1 is 1.12 bits per heavy atom. The molecule has 0 unspecified atom stereocenters. The van der Waals surface area contributed by atoms with Gasteiger partial charge in [-0.2, -0.15) is 0 Å². The number of amides is 1. The summed E-state index contributed by atoms with van der Waals surface area (Å²) in [5.41, 5.74) is 2.11. The fraction of sp³-hybridized carbons (Fsp3) is 0.111. The minimum atomic E-state index is -3.28. The highest BCUT2D eigenvalue weighted by atomic mass is 79.9. The van der Waals surface area contributed by atoms with Gasteiger partial charge in [-0.05, 0) is 36.4 Å². The smallest absolute Gasteiger partial charge is 0.257 e. The number of nitrogens with zero attached hydrogens (tertiary/aromatic N) is 1. The van der Waals surface area contributed by atoms with Crippen LogP contribution in [0.3, 0.4) is 0 Å². The largest absolute Gasteiger partial charge is 0.298 e. The SMILES string of the molecule is CCS(=O)(=O)c1ccc(C(=O)Nc2nc(-c3ccc(Br)cc3)cs2)cc1. The summed E-state index contributed by atoms with van der Waals surface area (Å²) in [5, 5.41) is 5.10. The molecule has 8 heteroatoms. The number of benzene rings is 2. The molecule has 26 heavy (non-hydrogen) atoms. The molecule has 1 aromatic heterocycles. The van der Waals surface area contributed by atoms with Gasteiger partial charge in [0, 0.05) is 21.0 Å². The molecule has 0 bridgehead atoms. The zero-order chi connectivity index (χ0) is 18.7. The minimum absolute atomic E-state index is 0.0243. The van der Waals surface area contributed by atoms with Gasteiger partial charge in [0.25, 0.3) is 5.91 Å². The molecule has 0 fully saturated rings. The van der Waals surface area contributed by atoms with Crippen LogP contribution in [0.4, 0.5) is 5.13 Å². The molecular weight excluding hydrogens is 436 g/mol. The number of thiazole rings is 1. The first kappa shape index (κ1) is 18.8. The summed E-state index contributed by atoms with van der Waals surface area (Å²) < 4.78 is 24.6. The van der Waals surface area contributed by atoms with Crippen LogP contribution >= 0.6 is 27.3 Å². The van der Waals surface area contributed by atoms with Crippen molar-refractivity contribution >= 4 is 48.1 Å². The van der Waals surface area contributed by atoms with Crippen LogP contribution in [0, 0.1) is 0 Å². The second kappa shape index (κ2) is 7.69. The number of anilines is 1. The van der Waals surface area contributed by atoms with Gasteiger partial charge in [0.15, 0.2) is 15.0 Å². The minimum Gasteiger partial charge on any atom is -0.298 e. The van der Waals surface area contributed by atoms with E-state index in [1.807, 2.05) is 29.6 Å². The van der Waals surface area contributed by atoms with Crippen molar-refractivity contribution < 1.29 is 13.2 Å². The van der Waals surface area contributed by atoms with E-state index in [1.165, 1.54) is 35.6 Å². The Hall–Kier alpha value is -2.03. The fourth-order valence-electron chi connectivity index (χ4n) is 2.23. The average molecular weight is 451 g/mol. The van der Waals surface area contributed by atoms with E-state index in [-0.39, 0.29) is 16.6 Å². The molecule has 3 rings (SSSR count). The van der Waals surface area contributed by atoms with Crippen molar-refractivity contribution in [2.75, 3.05) is 11.1 Å². The average Bonchev–Trinajstić information content (AvgIpc) is 3.11. The van der Waals surface area contributed by atoms with Crippen LogP contribution in [0.5, 0.6) is 0 Å². The van der Waals surface area contributed by atoms with Crippen LogP contribution in [0.2, 0.25) is 0 Å². The lowest BCUT2D eigenvalue weighted by molar-refractivity contribution is 0.102. The molecule has 0 aliphatic heterocycles. The van der Waals surface area contributed by atoms with E-state index < -0.39 is 9.84 Å². The van der Waals surface area contributed by atoms with Gasteiger partial charge in [-0.25, -0.2) is 13.4 Å². The summed E-state index contributed by atoms with van der Waals surface area (Å²) in [6, 6.07) is 13.6. The summed E-state index contributed by atoms with van der Waals surface area (Å²) in [7, 11) is -3.28. The van der Waals surface area contributed by atoms with E-state index >= 15 is 0 Å². The fourth-order valence-corrected chi connectivity index (χ4v) is 4.10. The van der Waals surface area contributed by atoms with Crippen molar-refractivity contribution in [3.63, 3.8) is 0 Å². The molecule has 0 spiro atoms. The zero-order valence-corrected chi connectivity index (χ0v) is 17.0. The lowest BCUT2D eigenvalue weighted by atomic mass is 10.2. The molecule has 0 aliphatic rings. The van der Waals surface area contributed by atoms with Crippen LogP contribution in [-0.4, -0.2) is 25.1 Å². The number of aromatic nitrogens is 1. The van der Waals surface area contributed by atoms with Crippen LogP contribution < -0.4 is 5.32 Å². The van der Waals surface area contributed by atoms with Crippen molar-refractivity contribution in [1.82, 2.24) is 4.98 Å². The standard InChI is InChI=1S/C18H15BrN2O3S2/c1-2-26(23,24)15-9-5-13(6-10-15)17(22)21-18-20-16(11-25-18)12-3-7-14(19)8-4-12/h3-11H,2H2,1H3,(H,20,21,22). The highest BCUT2D eigenvalue weighted by Crippen LogP contribution is 2.26. The molecule has 5 nitrogen and oxygen atoms in total. The maximum absolute atomic E-state index is 12.3. The van der Waals surface area contributed by atoms with Gasteiger partial charge in [-0.3, -0.25) is 10.1 Å². The predicted octanol–water partition coefficient (Wildman–Crippen LogP) is 4.62. The Morgan fingerprint density at radius 3 is 2.38 bits per heavy atom. The Balaban J connectivity index is 1.73. The van der Waals surface area contributed by atoms with Gasteiger partial charge in [-0.1, -0.05) is 35.0 Å². The van der Waals surface area contributed by atoms with Crippen LogP contribution in [-0.2, 0) is 9.84 Å². The number of hydrogen-bond donors (Lipinski definition) is 1. The third kappa shape index (κ3) is 4.20. The van der Waals surface area contributed by atoms with Crippen LogP contribution in [0.25, 0.3) is 11.3 Å². The first-order valence-electron chi connectivity index (χ1n) is 7.74. The Labute approximate surface area is 164 Å². The second-order valence-electron chi connectivity index (χ2n) is 5.43. The van der Waals surface area contributed by atoms with Gasteiger partial charge in [0.2, 0.25) is 0 Å². The first-order valence-corrected chi connectivity index (χ1v) is 11.1. The maximum atomic E-state index is 12.3. The number of carbonyl (C=O) groups is 1. The Bertz CT molecular complexity index is 1030. The van der Waals surface area contributed by atoms with Crippen molar-refractivity contribution in [2.24, 2.45) is 0 Å². The molecular formula is C18H15BrN2O3S2. The van der Waals surface area contributed by atoms with E-state index in [9.17, 15) is 13.2 Å². The molecule has 1 N–H and O–H groups in total. The summed E-state index contributed by atoms with van der Waals surface area (Å²) >= 11 is 4.72. The van der Waals surface area contributed by atoms with Gasteiger partial charge < -0.3 is 0 Å². The highest BCUT2D eigenvalue weighted by molar-refractivity contribution is 9.10. The highest BCUT2D eigenvalue weighted by Gasteiger charge is 2.14. The van der Waals surface area contributed by atoms with Gasteiger partial charge in [0.05, 0.1) is 16.3 Å². The number of sulfone groups is 1. The summed E-state index contributed by atoms with van der Waals surface area (Å²) in [4.78, 5) is 17.0.